The molecule has 1 unspecified atom stereocenters. The van der Waals surface area contributed by atoms with Crippen LogP contribution in [0.4, 0.5) is 21.9 Å². The minimum atomic E-state index is -0.980. The van der Waals surface area contributed by atoms with Crippen molar-refractivity contribution in [3.8, 4) is 0 Å². The second-order valence-electron chi connectivity index (χ2n) is 12.8. The molecule has 0 spiro atoms. The van der Waals surface area contributed by atoms with Gasteiger partial charge in [0.2, 0.25) is 11.8 Å². The van der Waals surface area contributed by atoms with E-state index in [4.69, 9.17) is 11.6 Å². The zero-order valence-corrected chi connectivity index (χ0v) is 29.6. The Bertz CT molecular complexity index is 1800. The first-order valence-corrected chi connectivity index (χ1v) is 18.1. The van der Waals surface area contributed by atoms with E-state index < -0.39 is 35.7 Å². The molecule has 3 aromatic rings. The number of halogens is 1. The molecule has 1 atom stereocenters. The van der Waals surface area contributed by atoms with Crippen molar-refractivity contribution in [2.45, 2.75) is 83.1 Å². The van der Waals surface area contributed by atoms with E-state index in [2.05, 4.69) is 36.6 Å². The molecule has 0 saturated carbocycles. The van der Waals surface area contributed by atoms with Crippen LogP contribution in [-0.2, 0) is 9.59 Å². The Labute approximate surface area is 306 Å². The fraction of sp³-hybridized carbons (Fsp3) is 0.405. The first kappa shape index (κ1) is 37.9. The molecular weight excluding hydrogens is 688 g/mol. The molecule has 4 heterocycles. The third-order valence-electron chi connectivity index (χ3n) is 8.91. The molecule has 14 nitrogen and oxygen atoms in total. The van der Waals surface area contributed by atoms with Crippen molar-refractivity contribution >= 4 is 64.2 Å². The van der Waals surface area contributed by atoms with Crippen molar-refractivity contribution in [1.82, 2.24) is 25.5 Å². The summed E-state index contributed by atoms with van der Waals surface area (Å²) in [6.07, 6.45) is 13.8. The van der Waals surface area contributed by atoms with E-state index >= 15 is 0 Å². The second-order valence-corrected chi connectivity index (χ2v) is 13.2. The van der Waals surface area contributed by atoms with Gasteiger partial charge in [0, 0.05) is 49.0 Å². The SMILES string of the molecule is O=C1CCC(N2C(=O)c3cccc(NCCCCCCCCCCCCNC(=O)c4cc(NC(=O)Nc5ccnc(Cl)c5)ccn4)c3C2=O)C(=O)N1. The van der Waals surface area contributed by atoms with Crippen LogP contribution in [-0.4, -0.2) is 69.6 Å². The Hall–Kier alpha value is -5.37. The molecule has 1 aromatic carbocycles. The van der Waals surface area contributed by atoms with Crippen molar-refractivity contribution in [2.75, 3.05) is 29.0 Å². The maximum atomic E-state index is 13.2. The molecule has 0 radical (unpaired) electrons. The zero-order valence-electron chi connectivity index (χ0n) is 28.8. The number of unbranched alkanes of at least 4 members (excludes halogenated alkanes) is 9. The molecule has 52 heavy (non-hydrogen) atoms. The van der Waals surface area contributed by atoms with Gasteiger partial charge < -0.3 is 21.3 Å². The summed E-state index contributed by atoms with van der Waals surface area (Å²) >= 11 is 5.85. The lowest BCUT2D eigenvalue weighted by Gasteiger charge is -2.27. The van der Waals surface area contributed by atoms with E-state index in [0.717, 1.165) is 69.1 Å². The lowest BCUT2D eigenvalue weighted by molar-refractivity contribution is -0.136. The summed E-state index contributed by atoms with van der Waals surface area (Å²) < 4.78 is 0. The van der Waals surface area contributed by atoms with Crippen LogP contribution in [0.3, 0.4) is 0 Å². The van der Waals surface area contributed by atoms with Gasteiger partial charge in [-0.25, -0.2) is 9.78 Å². The number of anilines is 3. The average Bonchev–Trinajstić information content (AvgIpc) is 3.37. The number of hydrogen-bond acceptors (Lipinski definition) is 9. The second kappa shape index (κ2) is 18.7. The van der Waals surface area contributed by atoms with E-state index in [0.29, 0.717) is 30.2 Å². The number of amides is 7. The number of pyridine rings is 2. The van der Waals surface area contributed by atoms with Crippen molar-refractivity contribution in [3.63, 3.8) is 0 Å². The molecule has 0 bridgehead atoms. The summed E-state index contributed by atoms with van der Waals surface area (Å²) in [4.78, 5) is 83.9. The van der Waals surface area contributed by atoms with Gasteiger partial charge in [-0.1, -0.05) is 69.0 Å². The van der Waals surface area contributed by atoms with E-state index in [1.807, 2.05) is 0 Å². The van der Waals surface area contributed by atoms with Gasteiger partial charge in [-0.05, 0) is 55.7 Å². The quantitative estimate of drug-likeness (QED) is 0.0601. The van der Waals surface area contributed by atoms with Gasteiger partial charge in [0.15, 0.2) is 0 Å². The minimum Gasteiger partial charge on any atom is -0.384 e. The monoisotopic (exact) mass is 730 g/mol. The lowest BCUT2D eigenvalue weighted by atomic mass is 10.0. The predicted molar refractivity (Wildman–Crippen MR) is 196 cm³/mol. The molecule has 5 N–H and O–H groups in total. The number of urea groups is 1. The molecule has 7 amide bonds. The molecule has 5 rings (SSSR count). The molecular formula is C37H43ClN8O6. The zero-order chi connectivity index (χ0) is 36.9. The van der Waals surface area contributed by atoms with Crippen LogP contribution in [0.1, 0.15) is 108 Å². The molecule has 274 valence electrons. The number of fused-ring (bicyclic) bond motifs is 1. The van der Waals surface area contributed by atoms with E-state index in [1.54, 1.807) is 30.3 Å². The van der Waals surface area contributed by atoms with E-state index in [1.165, 1.54) is 24.5 Å². The number of piperidine rings is 1. The number of hydrogen-bond donors (Lipinski definition) is 5. The standard InChI is InChI=1S/C37H43ClN8O6/c38-30-23-25(17-21-41-30)44-37(52)43-24-16-20-40-28(22-24)33(48)42-19-10-8-6-4-2-1-3-5-7-9-18-39-27-13-11-12-26-32(27)36(51)46(35(26)50)29-14-15-31(47)45-34(29)49/h11-13,16-17,20-23,29,39H,1-10,14-15,18-19H2,(H,42,48)(H,45,47,49)(H2,40,41,43,44,52). The number of rotatable bonds is 18. The number of benzene rings is 1. The van der Waals surface area contributed by atoms with Crippen molar-refractivity contribution in [3.05, 3.63) is 76.8 Å². The predicted octanol–water partition coefficient (Wildman–Crippen LogP) is 5.92. The van der Waals surface area contributed by atoms with Gasteiger partial charge >= 0.3 is 6.03 Å². The summed E-state index contributed by atoms with van der Waals surface area (Å²) in [5.41, 5.74) is 2.28. The van der Waals surface area contributed by atoms with E-state index in [-0.39, 0.29) is 40.7 Å². The Morgan fingerprint density at radius 2 is 1.42 bits per heavy atom. The summed E-state index contributed by atoms with van der Waals surface area (Å²) in [7, 11) is 0. The van der Waals surface area contributed by atoms with E-state index in [9.17, 15) is 28.8 Å². The summed E-state index contributed by atoms with van der Waals surface area (Å²) in [6, 6.07) is 9.87. The van der Waals surface area contributed by atoms with Crippen molar-refractivity contribution in [1.29, 1.82) is 0 Å². The third kappa shape index (κ3) is 10.3. The minimum absolute atomic E-state index is 0.0853. The number of nitrogens with zero attached hydrogens (tertiary/aromatic N) is 3. The number of aromatic nitrogens is 2. The van der Waals surface area contributed by atoms with Gasteiger partial charge in [0.25, 0.3) is 17.7 Å². The van der Waals surface area contributed by atoms with Gasteiger partial charge in [0.1, 0.15) is 16.9 Å². The molecule has 2 aliphatic rings. The largest absolute Gasteiger partial charge is 0.384 e. The molecule has 2 aromatic heterocycles. The normalized spacial score (nSPS) is 15.2. The lowest BCUT2D eigenvalue weighted by Crippen LogP contribution is -2.54. The van der Waals surface area contributed by atoms with Crippen LogP contribution in [0, 0.1) is 0 Å². The highest BCUT2D eigenvalue weighted by molar-refractivity contribution is 6.29. The van der Waals surface area contributed by atoms with Gasteiger partial charge in [0.05, 0.1) is 11.1 Å². The highest BCUT2D eigenvalue weighted by atomic mass is 35.5. The molecule has 2 aliphatic heterocycles. The van der Waals surface area contributed by atoms with Crippen LogP contribution >= 0.6 is 11.6 Å². The molecule has 1 fully saturated rings. The summed E-state index contributed by atoms with van der Waals surface area (Å²) in [5.74, 6) is -2.33. The Morgan fingerprint density at radius 3 is 2.10 bits per heavy atom. The highest BCUT2D eigenvalue weighted by Crippen LogP contribution is 2.32. The van der Waals surface area contributed by atoms with Crippen LogP contribution in [0.5, 0.6) is 0 Å². The fourth-order valence-electron chi connectivity index (χ4n) is 6.25. The fourth-order valence-corrected chi connectivity index (χ4v) is 6.42. The average molecular weight is 731 g/mol. The smallest absolute Gasteiger partial charge is 0.323 e. The van der Waals surface area contributed by atoms with Crippen LogP contribution in [0.25, 0.3) is 0 Å². The molecule has 15 heteroatoms. The number of nitrogens with one attached hydrogen (secondary N) is 5. The van der Waals surface area contributed by atoms with Gasteiger partial charge in [-0.15, -0.1) is 0 Å². The van der Waals surface area contributed by atoms with Crippen molar-refractivity contribution in [2.24, 2.45) is 0 Å². The number of carbonyl (C=O) groups excluding carboxylic acids is 6. The van der Waals surface area contributed by atoms with Crippen LogP contribution in [0.2, 0.25) is 5.15 Å². The summed E-state index contributed by atoms with van der Waals surface area (Å²) in [5, 5.41) is 14.0. The first-order valence-electron chi connectivity index (χ1n) is 17.7. The van der Waals surface area contributed by atoms with Crippen molar-refractivity contribution < 1.29 is 28.8 Å². The summed E-state index contributed by atoms with van der Waals surface area (Å²) in [6.45, 7) is 1.20. The highest BCUT2D eigenvalue weighted by Gasteiger charge is 2.45. The van der Waals surface area contributed by atoms with Crippen LogP contribution < -0.4 is 26.6 Å². The van der Waals surface area contributed by atoms with Crippen LogP contribution in [0.15, 0.2) is 54.9 Å². The maximum Gasteiger partial charge on any atom is 0.323 e. The van der Waals surface area contributed by atoms with Gasteiger partial charge in [-0.3, -0.25) is 39.2 Å². The maximum absolute atomic E-state index is 13.2. The molecule has 1 saturated heterocycles. The van der Waals surface area contributed by atoms with Gasteiger partial charge in [-0.2, -0.15) is 0 Å². The Morgan fingerprint density at radius 1 is 0.788 bits per heavy atom. The number of imide groups is 2. The molecule has 0 aliphatic carbocycles. The number of carbonyl (C=O) groups is 6. The topological polar surface area (TPSA) is 192 Å². The Balaban J connectivity index is 0.884. The Kier molecular flexibility index (Phi) is 13.7. The third-order valence-corrected chi connectivity index (χ3v) is 9.11. The first-order chi connectivity index (χ1) is 25.2.